The zero-order chi connectivity index (χ0) is 8.77. The summed E-state index contributed by atoms with van der Waals surface area (Å²) in [6.45, 7) is 1.81. The summed E-state index contributed by atoms with van der Waals surface area (Å²) in [6.07, 6.45) is 3.88. The molecule has 0 spiro atoms. The normalized spacial score (nSPS) is 24.7. The number of hydrogen-bond acceptors (Lipinski definition) is 1. The van der Waals surface area contributed by atoms with Crippen LogP contribution in [0.2, 0.25) is 0 Å². The number of aromatic nitrogens is 1. The average Bonchev–Trinajstić information content (AvgIpc) is 2.25. The molecule has 4 heteroatoms. The molecule has 1 aliphatic heterocycles. The van der Waals surface area contributed by atoms with E-state index in [1.165, 1.54) is 0 Å². The van der Waals surface area contributed by atoms with Gasteiger partial charge < -0.3 is 29.1 Å². The summed E-state index contributed by atoms with van der Waals surface area (Å²) >= 11 is 2.16. The lowest BCUT2D eigenvalue weighted by Gasteiger charge is -2.11. The van der Waals surface area contributed by atoms with Crippen LogP contribution < -0.4 is 28.5 Å². The van der Waals surface area contributed by atoms with Crippen molar-refractivity contribution in [2.75, 3.05) is 0 Å². The summed E-state index contributed by atoms with van der Waals surface area (Å²) in [4.78, 5) is 0. The molecular weight excluding hydrogens is 392 g/mol. The van der Waals surface area contributed by atoms with Gasteiger partial charge in [-0.2, -0.15) is 4.57 Å². The van der Waals surface area contributed by atoms with E-state index in [0.29, 0.717) is 0 Å². The van der Waals surface area contributed by atoms with Gasteiger partial charge >= 0.3 is 0 Å². The van der Waals surface area contributed by atoms with Crippen LogP contribution in [0.5, 0.6) is 0 Å². The van der Waals surface area contributed by atoms with Crippen molar-refractivity contribution in [1.29, 1.82) is 0 Å². The molecule has 1 aromatic rings. The van der Waals surface area contributed by atoms with Crippen LogP contribution in [-0.2, 0) is 5.60 Å². The van der Waals surface area contributed by atoms with Crippen molar-refractivity contribution in [3.05, 3.63) is 33.7 Å². The van der Waals surface area contributed by atoms with Crippen molar-refractivity contribution >= 4 is 28.8 Å². The van der Waals surface area contributed by atoms with E-state index >= 15 is 0 Å². The molecule has 0 saturated heterocycles. The smallest absolute Gasteiger partial charge is 0.223 e. The third-order valence-electron chi connectivity index (χ3n) is 2.11. The minimum atomic E-state index is -0.804. The van der Waals surface area contributed by atoms with E-state index in [1.807, 2.05) is 42.1 Å². The second kappa shape index (κ2) is 3.82. The van der Waals surface area contributed by atoms with E-state index in [4.69, 9.17) is 0 Å². The summed E-state index contributed by atoms with van der Waals surface area (Å²) in [6, 6.07) is 5.82. The Morgan fingerprint density at radius 3 is 2.77 bits per heavy atom. The first-order chi connectivity index (χ1) is 5.62. The van der Waals surface area contributed by atoms with Crippen molar-refractivity contribution in [2.24, 2.45) is 0 Å². The van der Waals surface area contributed by atoms with Gasteiger partial charge in [-0.1, -0.05) is 0 Å². The molecule has 70 valence electrons. The standard InChI is InChI=1S/C9H9INO.HI/c1-9(12)7(10)6-11-5-3-2-4-8(9)11;/h2-6,12H,1H3;1H/q+1;/p-1. The number of hydrogen-bond donors (Lipinski definition) is 1. The van der Waals surface area contributed by atoms with E-state index in [0.717, 1.165) is 9.27 Å². The van der Waals surface area contributed by atoms with E-state index in [9.17, 15) is 5.11 Å². The highest BCUT2D eigenvalue weighted by Gasteiger charge is 2.41. The molecule has 0 aliphatic carbocycles. The molecule has 2 heterocycles. The quantitative estimate of drug-likeness (QED) is 0.413. The highest BCUT2D eigenvalue weighted by atomic mass is 127. The molecule has 13 heavy (non-hydrogen) atoms. The maximum Gasteiger partial charge on any atom is 0.223 e. The highest BCUT2D eigenvalue weighted by Crippen LogP contribution is 2.34. The number of fused-ring (bicyclic) bond motifs is 1. The Kier molecular flexibility index (Phi) is 3.34. The molecule has 0 saturated carbocycles. The van der Waals surface area contributed by atoms with Gasteiger partial charge in [0.05, 0.1) is 3.58 Å². The fraction of sp³-hybridized carbons (Fsp3) is 0.222. The zero-order valence-corrected chi connectivity index (χ0v) is 11.4. The summed E-state index contributed by atoms with van der Waals surface area (Å²) in [5, 5.41) is 10.0. The SMILES string of the molecule is CC1(O)C(I)=C[n+]2ccccc21.[I-]. The third kappa shape index (κ3) is 1.75. The summed E-state index contributed by atoms with van der Waals surface area (Å²) < 4.78 is 2.90. The van der Waals surface area contributed by atoms with Gasteiger partial charge in [0.15, 0.2) is 18.0 Å². The molecular formula is C9H9I2NO. The van der Waals surface area contributed by atoms with Crippen molar-refractivity contribution < 1.29 is 33.7 Å². The van der Waals surface area contributed by atoms with Crippen LogP contribution in [0.3, 0.4) is 0 Å². The van der Waals surface area contributed by atoms with Crippen LogP contribution in [0.1, 0.15) is 12.6 Å². The molecule has 2 rings (SSSR count). The topological polar surface area (TPSA) is 24.1 Å². The maximum absolute atomic E-state index is 10.0. The molecule has 2 nitrogen and oxygen atoms in total. The van der Waals surface area contributed by atoms with Gasteiger partial charge in [0, 0.05) is 12.1 Å². The lowest BCUT2D eigenvalue weighted by Crippen LogP contribution is -3.00. The molecule has 0 amide bonds. The van der Waals surface area contributed by atoms with Crippen LogP contribution in [0.4, 0.5) is 0 Å². The second-order valence-corrected chi connectivity index (χ2v) is 4.20. The van der Waals surface area contributed by atoms with E-state index in [-0.39, 0.29) is 24.0 Å². The van der Waals surface area contributed by atoms with E-state index in [2.05, 4.69) is 22.6 Å². The van der Waals surface area contributed by atoms with Crippen LogP contribution >= 0.6 is 22.6 Å². The predicted molar refractivity (Wildman–Crippen MR) is 54.5 cm³/mol. The summed E-state index contributed by atoms with van der Waals surface area (Å²) in [7, 11) is 0. The highest BCUT2D eigenvalue weighted by molar-refractivity contribution is 14.1. The number of aliphatic hydroxyl groups is 1. The second-order valence-electron chi connectivity index (χ2n) is 3.04. The summed E-state index contributed by atoms with van der Waals surface area (Å²) in [5.74, 6) is 0. The van der Waals surface area contributed by atoms with Gasteiger partial charge in [-0.3, -0.25) is 0 Å². The first kappa shape index (κ1) is 11.4. The predicted octanol–water partition coefficient (Wildman–Crippen LogP) is -1.57. The molecule has 1 aromatic heterocycles. The monoisotopic (exact) mass is 401 g/mol. The van der Waals surface area contributed by atoms with Gasteiger partial charge in [-0.05, 0) is 35.6 Å². The number of pyridine rings is 1. The van der Waals surface area contributed by atoms with Gasteiger partial charge in [-0.25, -0.2) is 0 Å². The third-order valence-corrected chi connectivity index (χ3v) is 3.44. The van der Waals surface area contributed by atoms with Crippen molar-refractivity contribution in [1.82, 2.24) is 0 Å². The van der Waals surface area contributed by atoms with Crippen molar-refractivity contribution in [3.63, 3.8) is 0 Å². The first-order valence-electron chi connectivity index (χ1n) is 3.73. The molecule has 1 unspecified atom stereocenters. The Hall–Kier alpha value is 0.310. The Labute approximate surface area is 108 Å². The molecule has 0 aromatic carbocycles. The largest absolute Gasteiger partial charge is 1.00 e. The molecule has 1 aliphatic rings. The molecule has 0 radical (unpaired) electrons. The minimum Gasteiger partial charge on any atom is -1.00 e. The number of rotatable bonds is 0. The van der Waals surface area contributed by atoms with Crippen LogP contribution in [0.15, 0.2) is 28.0 Å². The molecule has 1 N–H and O–H groups in total. The fourth-order valence-electron chi connectivity index (χ4n) is 1.35. The average molecular weight is 401 g/mol. The Bertz CT molecular complexity index is 360. The van der Waals surface area contributed by atoms with E-state index in [1.54, 1.807) is 0 Å². The van der Waals surface area contributed by atoms with Crippen molar-refractivity contribution in [3.8, 4) is 0 Å². The lowest BCUT2D eigenvalue weighted by atomic mass is 10.0. The van der Waals surface area contributed by atoms with Gasteiger partial charge in [0.25, 0.3) is 0 Å². The van der Waals surface area contributed by atoms with Gasteiger partial charge in [-0.15, -0.1) is 0 Å². The van der Waals surface area contributed by atoms with Gasteiger partial charge in [0.2, 0.25) is 5.69 Å². The van der Waals surface area contributed by atoms with Crippen LogP contribution in [-0.4, -0.2) is 5.11 Å². The number of halogens is 2. The van der Waals surface area contributed by atoms with Gasteiger partial charge in [0.1, 0.15) is 0 Å². The minimum absolute atomic E-state index is 0. The van der Waals surface area contributed by atoms with Crippen LogP contribution in [0.25, 0.3) is 6.20 Å². The summed E-state index contributed by atoms with van der Waals surface area (Å²) in [5.41, 5.74) is 0.122. The maximum atomic E-state index is 10.0. The Balaban J connectivity index is 0.000000845. The molecule has 0 fully saturated rings. The Morgan fingerprint density at radius 2 is 2.15 bits per heavy atom. The molecule has 1 atom stereocenters. The Morgan fingerprint density at radius 1 is 1.46 bits per heavy atom. The van der Waals surface area contributed by atoms with E-state index < -0.39 is 5.60 Å². The first-order valence-corrected chi connectivity index (χ1v) is 4.81. The molecule has 0 bridgehead atoms. The number of nitrogens with zero attached hydrogens (tertiary/aromatic N) is 1. The lowest BCUT2D eigenvalue weighted by molar-refractivity contribution is -0.577. The van der Waals surface area contributed by atoms with Crippen LogP contribution in [0, 0.1) is 0 Å². The zero-order valence-electron chi connectivity index (χ0n) is 7.04. The fourth-order valence-corrected chi connectivity index (χ4v) is 1.93. The van der Waals surface area contributed by atoms with Crippen molar-refractivity contribution in [2.45, 2.75) is 12.5 Å².